The van der Waals surface area contributed by atoms with Crippen molar-refractivity contribution in [2.45, 2.75) is 0 Å². The van der Waals surface area contributed by atoms with Crippen molar-refractivity contribution in [1.82, 2.24) is 5.43 Å². The van der Waals surface area contributed by atoms with E-state index in [0.717, 1.165) is 11.3 Å². The Bertz CT molecular complexity index is 371. The monoisotopic (exact) mass is 174 g/mol. The minimum atomic E-state index is -0.0984. The first-order chi connectivity index (χ1) is 6.27. The van der Waals surface area contributed by atoms with E-state index in [0.29, 0.717) is 0 Å². The number of rotatable bonds is 0. The van der Waals surface area contributed by atoms with Crippen LogP contribution in [0.4, 0.5) is 5.69 Å². The first-order valence-electron chi connectivity index (χ1n) is 4.09. The fraction of sp³-hybridized carbons (Fsp3) is 0.100. The standard InChI is InChI=1S/C10H10N2O/c1-12-9-5-3-2-4-8(9)6-7-10(13)11-12/h2-7H,1H3,(H,11,13). The van der Waals surface area contributed by atoms with Crippen molar-refractivity contribution in [2.24, 2.45) is 0 Å². The fourth-order valence-electron chi connectivity index (χ4n) is 1.36. The van der Waals surface area contributed by atoms with Gasteiger partial charge in [-0.05, 0) is 17.7 Å². The first kappa shape index (κ1) is 7.86. The molecule has 13 heavy (non-hydrogen) atoms. The highest BCUT2D eigenvalue weighted by molar-refractivity contribution is 5.95. The van der Waals surface area contributed by atoms with Gasteiger partial charge in [0.25, 0.3) is 5.91 Å². The molecular weight excluding hydrogens is 164 g/mol. The van der Waals surface area contributed by atoms with Crippen LogP contribution in [-0.4, -0.2) is 13.0 Å². The predicted octanol–water partition coefficient (Wildman–Crippen LogP) is 1.18. The molecule has 0 spiro atoms. The molecule has 0 bridgehead atoms. The molecule has 0 atom stereocenters. The van der Waals surface area contributed by atoms with Crippen molar-refractivity contribution >= 4 is 17.7 Å². The van der Waals surface area contributed by atoms with Crippen LogP contribution in [-0.2, 0) is 4.79 Å². The number of hydrazine groups is 1. The molecule has 1 amide bonds. The Balaban J connectivity index is 2.51. The zero-order chi connectivity index (χ0) is 9.26. The Kier molecular flexibility index (Phi) is 1.77. The van der Waals surface area contributed by atoms with E-state index in [1.807, 2.05) is 37.4 Å². The average molecular weight is 174 g/mol. The van der Waals surface area contributed by atoms with Gasteiger partial charge in [-0.1, -0.05) is 18.2 Å². The lowest BCUT2D eigenvalue weighted by Crippen LogP contribution is -2.37. The second-order valence-electron chi connectivity index (χ2n) is 2.93. The third-order valence-electron chi connectivity index (χ3n) is 1.99. The van der Waals surface area contributed by atoms with Crippen molar-refractivity contribution in [2.75, 3.05) is 12.1 Å². The van der Waals surface area contributed by atoms with Gasteiger partial charge < -0.3 is 0 Å². The molecule has 0 saturated heterocycles. The molecule has 0 unspecified atom stereocenters. The Labute approximate surface area is 76.6 Å². The van der Waals surface area contributed by atoms with Gasteiger partial charge in [0.2, 0.25) is 0 Å². The summed E-state index contributed by atoms with van der Waals surface area (Å²) in [6.07, 6.45) is 3.34. The van der Waals surface area contributed by atoms with E-state index < -0.39 is 0 Å². The summed E-state index contributed by atoms with van der Waals surface area (Å²) in [5.41, 5.74) is 4.75. The number of nitrogens with zero attached hydrogens (tertiary/aromatic N) is 1. The van der Waals surface area contributed by atoms with E-state index in [4.69, 9.17) is 0 Å². The van der Waals surface area contributed by atoms with E-state index >= 15 is 0 Å². The van der Waals surface area contributed by atoms with Gasteiger partial charge in [-0.15, -0.1) is 0 Å². The first-order valence-corrected chi connectivity index (χ1v) is 4.09. The van der Waals surface area contributed by atoms with Gasteiger partial charge in [0.1, 0.15) is 0 Å². The number of carbonyl (C=O) groups is 1. The van der Waals surface area contributed by atoms with E-state index in [2.05, 4.69) is 5.43 Å². The number of carbonyl (C=O) groups excluding carboxylic acids is 1. The summed E-state index contributed by atoms with van der Waals surface area (Å²) in [6.45, 7) is 0. The smallest absolute Gasteiger partial charge is 0.262 e. The molecule has 0 saturated carbocycles. The van der Waals surface area contributed by atoms with Gasteiger partial charge >= 0.3 is 0 Å². The quantitative estimate of drug-likeness (QED) is 0.640. The third kappa shape index (κ3) is 1.40. The summed E-state index contributed by atoms with van der Waals surface area (Å²) in [6, 6.07) is 7.83. The van der Waals surface area contributed by atoms with E-state index in [1.165, 1.54) is 6.08 Å². The number of amides is 1. The van der Waals surface area contributed by atoms with Crippen molar-refractivity contribution in [1.29, 1.82) is 0 Å². The van der Waals surface area contributed by atoms with Crippen LogP contribution in [0.15, 0.2) is 30.3 Å². The maximum atomic E-state index is 11.1. The highest BCUT2D eigenvalue weighted by Gasteiger charge is 2.10. The molecule has 0 aromatic heterocycles. The van der Waals surface area contributed by atoms with Gasteiger partial charge in [-0.25, -0.2) is 0 Å². The molecule has 1 aromatic carbocycles. The molecule has 1 heterocycles. The Morgan fingerprint density at radius 1 is 1.23 bits per heavy atom. The van der Waals surface area contributed by atoms with Gasteiger partial charge in [-0.3, -0.25) is 15.2 Å². The van der Waals surface area contributed by atoms with Crippen LogP contribution >= 0.6 is 0 Å². The maximum Gasteiger partial charge on any atom is 0.262 e. The summed E-state index contributed by atoms with van der Waals surface area (Å²) in [5.74, 6) is -0.0984. The van der Waals surface area contributed by atoms with Crippen molar-refractivity contribution in [3.05, 3.63) is 35.9 Å². The summed E-state index contributed by atoms with van der Waals surface area (Å²) in [7, 11) is 1.82. The largest absolute Gasteiger partial charge is 0.288 e. The van der Waals surface area contributed by atoms with E-state index in [1.54, 1.807) is 5.01 Å². The number of fused-ring (bicyclic) bond motifs is 1. The second kappa shape index (κ2) is 2.94. The van der Waals surface area contributed by atoms with Gasteiger partial charge in [0, 0.05) is 13.1 Å². The second-order valence-corrected chi connectivity index (χ2v) is 2.93. The van der Waals surface area contributed by atoms with Crippen LogP contribution in [0.25, 0.3) is 6.08 Å². The van der Waals surface area contributed by atoms with Gasteiger partial charge in [-0.2, -0.15) is 0 Å². The molecule has 1 aromatic rings. The fourth-order valence-corrected chi connectivity index (χ4v) is 1.36. The highest BCUT2D eigenvalue weighted by atomic mass is 16.2. The van der Waals surface area contributed by atoms with Crippen molar-refractivity contribution < 1.29 is 4.79 Å². The van der Waals surface area contributed by atoms with Crippen LogP contribution < -0.4 is 10.4 Å². The molecule has 66 valence electrons. The zero-order valence-electron chi connectivity index (χ0n) is 7.32. The molecule has 2 rings (SSSR count). The molecule has 0 aliphatic carbocycles. The number of nitrogens with one attached hydrogen (secondary N) is 1. The molecule has 1 aliphatic heterocycles. The zero-order valence-corrected chi connectivity index (χ0v) is 7.32. The average Bonchev–Trinajstić information content (AvgIpc) is 2.27. The van der Waals surface area contributed by atoms with Crippen LogP contribution in [0.3, 0.4) is 0 Å². The van der Waals surface area contributed by atoms with Gasteiger partial charge in [0.15, 0.2) is 0 Å². The summed E-state index contributed by atoms with van der Waals surface area (Å²) in [4.78, 5) is 11.1. The topological polar surface area (TPSA) is 32.3 Å². The number of para-hydroxylation sites is 1. The molecule has 3 nitrogen and oxygen atoms in total. The Morgan fingerprint density at radius 3 is 2.85 bits per heavy atom. The maximum absolute atomic E-state index is 11.1. The molecule has 1 aliphatic rings. The molecule has 0 radical (unpaired) electrons. The minimum Gasteiger partial charge on any atom is -0.288 e. The van der Waals surface area contributed by atoms with E-state index in [-0.39, 0.29) is 5.91 Å². The predicted molar refractivity (Wildman–Crippen MR) is 52.0 cm³/mol. The van der Waals surface area contributed by atoms with Crippen LogP contribution in [0.2, 0.25) is 0 Å². The molecule has 1 N–H and O–H groups in total. The Hall–Kier alpha value is -1.77. The van der Waals surface area contributed by atoms with Crippen molar-refractivity contribution in [3.63, 3.8) is 0 Å². The minimum absolute atomic E-state index is 0.0984. The SMILES string of the molecule is CN1NC(=O)C=Cc2ccccc21. The number of hydrogen-bond acceptors (Lipinski definition) is 2. The number of hydrogen-bond donors (Lipinski definition) is 1. The third-order valence-corrected chi connectivity index (χ3v) is 1.99. The Morgan fingerprint density at radius 2 is 2.00 bits per heavy atom. The highest BCUT2D eigenvalue weighted by Crippen LogP contribution is 2.20. The normalized spacial score (nSPS) is 14.8. The van der Waals surface area contributed by atoms with Crippen molar-refractivity contribution in [3.8, 4) is 0 Å². The van der Waals surface area contributed by atoms with Gasteiger partial charge in [0.05, 0.1) is 5.69 Å². The molecule has 0 fully saturated rings. The lowest BCUT2D eigenvalue weighted by Gasteiger charge is -2.19. The van der Waals surface area contributed by atoms with Crippen LogP contribution in [0, 0.1) is 0 Å². The lowest BCUT2D eigenvalue weighted by atomic mass is 10.1. The number of anilines is 1. The van der Waals surface area contributed by atoms with E-state index in [9.17, 15) is 4.79 Å². The summed E-state index contributed by atoms with van der Waals surface area (Å²) < 4.78 is 0. The molecule has 3 heteroatoms. The number of benzene rings is 1. The van der Waals surface area contributed by atoms with Crippen LogP contribution in [0.1, 0.15) is 5.56 Å². The summed E-state index contributed by atoms with van der Waals surface area (Å²) in [5, 5.41) is 1.72. The molecular formula is C10H10N2O. The summed E-state index contributed by atoms with van der Waals surface area (Å²) >= 11 is 0. The van der Waals surface area contributed by atoms with Crippen LogP contribution in [0.5, 0.6) is 0 Å². The lowest BCUT2D eigenvalue weighted by molar-refractivity contribution is -0.116.